The van der Waals surface area contributed by atoms with E-state index in [0.29, 0.717) is 39.0 Å². The smallest absolute Gasteiger partial charge is 0.341 e. The number of carboxylic acids is 1. The van der Waals surface area contributed by atoms with Gasteiger partial charge < -0.3 is 35.7 Å². The van der Waals surface area contributed by atoms with E-state index < -0.39 is 18.5 Å². The molecular formula is C24H25ClN6O5S. The number of amidine groups is 1. The van der Waals surface area contributed by atoms with Crippen LogP contribution in [0, 0.1) is 5.41 Å². The Morgan fingerprint density at radius 3 is 2.46 bits per heavy atom. The zero-order valence-corrected chi connectivity index (χ0v) is 21.2. The van der Waals surface area contributed by atoms with Crippen LogP contribution in [-0.2, 0) is 11.3 Å². The summed E-state index contributed by atoms with van der Waals surface area (Å²) < 4.78 is 13.8. The summed E-state index contributed by atoms with van der Waals surface area (Å²) in [5.41, 5.74) is 8.42. The molecule has 3 aromatic rings. The van der Waals surface area contributed by atoms with Crippen molar-refractivity contribution in [2.75, 3.05) is 29.1 Å². The Kier molecular flexibility index (Phi) is 9.44. The number of benzene rings is 3. The third-order valence-electron chi connectivity index (χ3n) is 5.02. The highest BCUT2D eigenvalue weighted by Crippen LogP contribution is 2.36. The van der Waals surface area contributed by atoms with Gasteiger partial charge >= 0.3 is 5.97 Å². The number of methoxy groups -OCH3 is 1. The molecule has 0 spiro atoms. The molecule has 0 bridgehead atoms. The average molecular weight is 545 g/mol. The third-order valence-corrected chi connectivity index (χ3v) is 5.61. The first-order valence-electron chi connectivity index (χ1n) is 10.7. The zero-order chi connectivity index (χ0) is 26.9. The molecule has 1 amide bonds. The molecule has 0 atom stereocenters. The van der Waals surface area contributed by atoms with Gasteiger partial charge in [-0.2, -0.15) is 0 Å². The van der Waals surface area contributed by atoms with Gasteiger partial charge in [0.1, 0.15) is 5.84 Å². The van der Waals surface area contributed by atoms with E-state index in [1.807, 2.05) is 0 Å². The van der Waals surface area contributed by atoms with E-state index in [1.165, 1.54) is 13.2 Å². The maximum absolute atomic E-state index is 13.1. The molecule has 194 valence electrons. The molecule has 0 aliphatic rings. The number of hydrogen-bond acceptors (Lipinski definition) is 9. The highest BCUT2D eigenvalue weighted by atomic mass is 35.5. The quantitative estimate of drug-likeness (QED) is 0.100. The maximum atomic E-state index is 13.1. The summed E-state index contributed by atoms with van der Waals surface area (Å²) in [5, 5.41) is 28.4. The van der Waals surface area contributed by atoms with E-state index in [2.05, 4.69) is 15.4 Å². The standard InChI is InChI=1S/C24H25ClN6O5S/c1-35-20-10-17(31-37-28)8-14(22(20)36-12-21(32)33)11-29-19-7-4-15(25)9-18(19)24(34)30-16-5-2-13(3-6-16)23(26)27/h2-10,29,31H,11-12,28H2,1H3,(H3,26,27)(H,30,34)(H,32,33). The number of aliphatic carboxylic acids is 1. The van der Waals surface area contributed by atoms with Crippen molar-refractivity contribution >= 4 is 58.5 Å². The van der Waals surface area contributed by atoms with Crippen molar-refractivity contribution in [3.8, 4) is 11.5 Å². The summed E-state index contributed by atoms with van der Waals surface area (Å²) in [5.74, 6) is -1.10. The van der Waals surface area contributed by atoms with E-state index in [4.69, 9.17) is 42.5 Å². The lowest BCUT2D eigenvalue weighted by Gasteiger charge is -2.18. The van der Waals surface area contributed by atoms with Gasteiger partial charge in [0.15, 0.2) is 18.1 Å². The summed E-state index contributed by atoms with van der Waals surface area (Å²) in [4.78, 5) is 24.2. The number of nitrogens with one attached hydrogen (secondary N) is 4. The fourth-order valence-corrected chi connectivity index (χ4v) is 3.77. The molecule has 0 saturated heterocycles. The fourth-order valence-electron chi connectivity index (χ4n) is 3.35. The van der Waals surface area contributed by atoms with Gasteiger partial charge in [-0.1, -0.05) is 11.6 Å². The van der Waals surface area contributed by atoms with Gasteiger partial charge in [0, 0.05) is 58.0 Å². The predicted octanol–water partition coefficient (Wildman–Crippen LogP) is 3.89. The van der Waals surface area contributed by atoms with Gasteiger partial charge in [-0.05, 0) is 48.5 Å². The van der Waals surface area contributed by atoms with Gasteiger partial charge in [-0.25, -0.2) is 4.79 Å². The average Bonchev–Trinajstić information content (AvgIpc) is 2.87. The Morgan fingerprint density at radius 2 is 1.84 bits per heavy atom. The number of halogens is 1. The van der Waals surface area contributed by atoms with Crippen molar-refractivity contribution in [1.29, 1.82) is 5.41 Å². The molecule has 11 nitrogen and oxygen atoms in total. The summed E-state index contributed by atoms with van der Waals surface area (Å²) in [6.45, 7) is -0.427. The van der Waals surface area contributed by atoms with Gasteiger partial charge in [0.2, 0.25) is 0 Å². The number of ether oxygens (including phenoxy) is 2. The van der Waals surface area contributed by atoms with E-state index >= 15 is 0 Å². The Hall–Kier alpha value is -4.13. The van der Waals surface area contributed by atoms with Crippen LogP contribution in [0.2, 0.25) is 5.02 Å². The van der Waals surface area contributed by atoms with Crippen LogP contribution in [0.5, 0.6) is 11.5 Å². The van der Waals surface area contributed by atoms with Gasteiger partial charge in [0.05, 0.1) is 12.7 Å². The highest BCUT2D eigenvalue weighted by molar-refractivity contribution is 7.98. The first-order valence-corrected chi connectivity index (χ1v) is 11.9. The first-order chi connectivity index (χ1) is 17.7. The molecule has 9 N–H and O–H groups in total. The van der Waals surface area contributed by atoms with Crippen LogP contribution in [-0.4, -0.2) is 36.5 Å². The molecule has 0 radical (unpaired) electrons. The molecule has 3 aromatic carbocycles. The normalized spacial score (nSPS) is 10.4. The Labute approximate surface area is 222 Å². The minimum absolute atomic E-state index is 0.0770. The largest absolute Gasteiger partial charge is 0.493 e. The van der Waals surface area contributed by atoms with Crippen LogP contribution in [0.4, 0.5) is 17.1 Å². The fraction of sp³-hybridized carbons (Fsp3) is 0.125. The lowest BCUT2D eigenvalue weighted by atomic mass is 10.1. The summed E-state index contributed by atoms with van der Waals surface area (Å²) in [7, 11) is 1.43. The number of nitrogen functional groups attached to an aromatic ring is 1. The van der Waals surface area contributed by atoms with Crippen LogP contribution >= 0.6 is 23.7 Å². The van der Waals surface area contributed by atoms with Crippen molar-refractivity contribution in [1.82, 2.24) is 0 Å². The van der Waals surface area contributed by atoms with E-state index in [9.17, 15) is 9.59 Å². The maximum Gasteiger partial charge on any atom is 0.341 e. The highest BCUT2D eigenvalue weighted by Gasteiger charge is 2.17. The van der Waals surface area contributed by atoms with Gasteiger partial charge in [-0.3, -0.25) is 15.3 Å². The zero-order valence-electron chi connectivity index (χ0n) is 19.6. The number of carboxylic acid groups (broad SMARTS) is 1. The van der Waals surface area contributed by atoms with E-state index in [0.717, 1.165) is 12.1 Å². The number of rotatable bonds is 12. The van der Waals surface area contributed by atoms with E-state index in [1.54, 1.807) is 48.5 Å². The molecule has 0 aromatic heterocycles. The van der Waals surface area contributed by atoms with Crippen LogP contribution in [0.3, 0.4) is 0 Å². The Morgan fingerprint density at radius 1 is 1.11 bits per heavy atom. The molecule has 3 rings (SSSR count). The summed E-state index contributed by atoms with van der Waals surface area (Å²) in [6.07, 6.45) is 0. The molecule has 13 heteroatoms. The molecular weight excluding hydrogens is 520 g/mol. The monoisotopic (exact) mass is 544 g/mol. The number of hydrogen-bond donors (Lipinski definition) is 7. The van der Waals surface area contributed by atoms with Crippen molar-refractivity contribution < 1.29 is 24.2 Å². The van der Waals surface area contributed by atoms with E-state index in [-0.39, 0.29) is 23.7 Å². The molecule has 0 saturated carbocycles. The molecule has 0 aliphatic carbocycles. The first kappa shape index (κ1) is 27.5. The topological polar surface area (TPSA) is 185 Å². The van der Waals surface area contributed by atoms with Crippen molar-refractivity contribution in [3.63, 3.8) is 0 Å². The molecule has 0 fully saturated rings. The number of amides is 1. The van der Waals surface area contributed by atoms with Gasteiger partial charge in [-0.15, -0.1) is 0 Å². The number of nitrogens with two attached hydrogens (primary N) is 2. The Bertz CT molecular complexity index is 1310. The summed E-state index contributed by atoms with van der Waals surface area (Å²) in [6, 6.07) is 14.7. The second-order valence-electron chi connectivity index (χ2n) is 7.56. The molecule has 0 unspecified atom stereocenters. The second-order valence-corrected chi connectivity index (χ2v) is 8.43. The SMILES string of the molecule is COc1cc(NSN)cc(CNc2ccc(Cl)cc2C(=O)Nc2ccc(C(=N)N)cc2)c1OCC(=O)O. The number of carbonyl (C=O) groups is 2. The van der Waals surface area contributed by atoms with Crippen molar-refractivity contribution in [2.24, 2.45) is 10.9 Å². The Balaban J connectivity index is 1.88. The minimum atomic E-state index is -1.14. The molecule has 37 heavy (non-hydrogen) atoms. The van der Waals surface area contributed by atoms with Crippen LogP contribution < -0.4 is 35.7 Å². The van der Waals surface area contributed by atoms with Crippen LogP contribution in [0.25, 0.3) is 0 Å². The third kappa shape index (κ3) is 7.43. The number of anilines is 3. The molecule has 0 heterocycles. The lowest BCUT2D eigenvalue weighted by Crippen LogP contribution is -2.16. The van der Waals surface area contributed by atoms with Crippen molar-refractivity contribution in [3.05, 3.63) is 76.3 Å². The minimum Gasteiger partial charge on any atom is -0.493 e. The van der Waals surface area contributed by atoms with Crippen molar-refractivity contribution in [2.45, 2.75) is 6.54 Å². The second kappa shape index (κ2) is 12.7. The predicted molar refractivity (Wildman–Crippen MR) is 146 cm³/mol. The summed E-state index contributed by atoms with van der Waals surface area (Å²) >= 11 is 7.05. The lowest BCUT2D eigenvalue weighted by molar-refractivity contribution is -0.139. The van der Waals surface area contributed by atoms with Gasteiger partial charge in [0.25, 0.3) is 5.91 Å². The number of carbonyl (C=O) groups excluding carboxylic acids is 1. The van der Waals surface area contributed by atoms with Crippen LogP contribution in [0.1, 0.15) is 21.5 Å². The molecule has 0 aliphatic heterocycles. The van der Waals surface area contributed by atoms with Crippen LogP contribution in [0.15, 0.2) is 54.6 Å².